The van der Waals surface area contributed by atoms with Gasteiger partial charge in [0.25, 0.3) is 10.0 Å². The third-order valence-electron chi connectivity index (χ3n) is 3.39. The topological polar surface area (TPSA) is 64.0 Å². The number of imidazole rings is 1. The van der Waals surface area contributed by atoms with E-state index >= 15 is 0 Å². The first-order valence-corrected chi connectivity index (χ1v) is 9.55. The van der Waals surface area contributed by atoms with Gasteiger partial charge in [-0.05, 0) is 29.8 Å². The van der Waals surface area contributed by atoms with Crippen LogP contribution < -0.4 is 4.72 Å². The lowest BCUT2D eigenvalue weighted by atomic mass is 10.1. The number of thiophene rings is 1. The molecular formula is C15H13ClFN3O2S2. The van der Waals surface area contributed by atoms with Crippen LogP contribution in [-0.4, -0.2) is 18.0 Å². The fourth-order valence-corrected chi connectivity index (χ4v) is 4.95. The molecule has 0 saturated heterocycles. The van der Waals surface area contributed by atoms with Crippen LogP contribution in [0.1, 0.15) is 17.4 Å². The predicted molar refractivity (Wildman–Crippen MR) is 91.1 cm³/mol. The van der Waals surface area contributed by atoms with Crippen molar-refractivity contribution in [2.45, 2.75) is 10.3 Å². The van der Waals surface area contributed by atoms with Crippen LogP contribution in [0.2, 0.25) is 4.34 Å². The summed E-state index contributed by atoms with van der Waals surface area (Å²) in [6.45, 7) is 0. The zero-order valence-electron chi connectivity index (χ0n) is 12.5. The number of hydrogen-bond donors (Lipinski definition) is 1. The van der Waals surface area contributed by atoms with Crippen molar-refractivity contribution in [1.29, 1.82) is 0 Å². The third-order valence-corrected chi connectivity index (χ3v) is 6.53. The van der Waals surface area contributed by atoms with Crippen LogP contribution in [0.4, 0.5) is 4.39 Å². The number of benzene rings is 1. The van der Waals surface area contributed by atoms with Crippen molar-refractivity contribution in [2.75, 3.05) is 0 Å². The number of nitrogens with zero attached hydrogens (tertiary/aromatic N) is 2. The summed E-state index contributed by atoms with van der Waals surface area (Å²) in [6.07, 6.45) is 3.25. The average molecular weight is 386 g/mol. The Balaban J connectivity index is 2.04. The molecule has 1 atom stereocenters. The summed E-state index contributed by atoms with van der Waals surface area (Å²) in [6, 6.07) is 7.86. The lowest BCUT2D eigenvalue weighted by Crippen LogP contribution is -2.30. The lowest BCUT2D eigenvalue weighted by Gasteiger charge is -2.18. The molecule has 0 fully saturated rings. The number of hydrogen-bond acceptors (Lipinski definition) is 4. The molecule has 1 unspecified atom stereocenters. The van der Waals surface area contributed by atoms with Gasteiger partial charge < -0.3 is 4.57 Å². The number of aromatic nitrogens is 2. The zero-order chi connectivity index (χ0) is 17.3. The molecule has 5 nitrogen and oxygen atoms in total. The van der Waals surface area contributed by atoms with Crippen LogP contribution >= 0.6 is 22.9 Å². The second-order valence-corrected chi connectivity index (χ2v) is 8.72. The van der Waals surface area contributed by atoms with Crippen LogP contribution in [0, 0.1) is 5.82 Å². The van der Waals surface area contributed by atoms with E-state index < -0.39 is 21.9 Å². The van der Waals surface area contributed by atoms with Gasteiger partial charge in [-0.2, -0.15) is 4.72 Å². The Morgan fingerprint density at radius 1 is 1.33 bits per heavy atom. The average Bonchev–Trinajstić information content (AvgIpc) is 3.14. The number of halogens is 2. The van der Waals surface area contributed by atoms with Crippen LogP contribution in [0.5, 0.6) is 0 Å². The van der Waals surface area contributed by atoms with Gasteiger partial charge >= 0.3 is 0 Å². The van der Waals surface area contributed by atoms with E-state index in [1.54, 1.807) is 30.1 Å². The fraction of sp³-hybridized carbons (Fsp3) is 0.133. The van der Waals surface area contributed by atoms with Crippen molar-refractivity contribution < 1.29 is 12.8 Å². The third kappa shape index (κ3) is 3.51. The largest absolute Gasteiger partial charge is 0.336 e. The van der Waals surface area contributed by atoms with Crippen molar-refractivity contribution in [3.8, 4) is 0 Å². The van der Waals surface area contributed by atoms with Gasteiger partial charge in [-0.1, -0.05) is 23.7 Å². The summed E-state index contributed by atoms with van der Waals surface area (Å²) in [5, 5.41) is 0. The smallest absolute Gasteiger partial charge is 0.251 e. The Morgan fingerprint density at radius 2 is 2.12 bits per heavy atom. The highest BCUT2D eigenvalue weighted by Crippen LogP contribution is 2.28. The normalized spacial score (nSPS) is 13.1. The molecule has 126 valence electrons. The zero-order valence-corrected chi connectivity index (χ0v) is 14.9. The summed E-state index contributed by atoms with van der Waals surface area (Å²) in [5.41, 5.74) is 0.454. The molecule has 0 spiro atoms. The van der Waals surface area contributed by atoms with Crippen LogP contribution in [0.3, 0.4) is 0 Å². The molecule has 0 bridgehead atoms. The Bertz CT molecular complexity index is 969. The summed E-state index contributed by atoms with van der Waals surface area (Å²) in [5.74, 6) is -0.00287. The SMILES string of the molecule is Cn1ccnc1C(NS(=O)(=O)c1ccc(Cl)s1)c1cccc(F)c1. The Kier molecular flexibility index (Phi) is 4.73. The van der Waals surface area contributed by atoms with E-state index in [1.165, 1.54) is 30.3 Å². The maximum absolute atomic E-state index is 13.6. The van der Waals surface area contributed by atoms with Crippen LogP contribution in [0.15, 0.2) is 53.0 Å². The summed E-state index contributed by atoms with van der Waals surface area (Å²) in [7, 11) is -2.09. The molecule has 3 aromatic rings. The fourth-order valence-electron chi connectivity index (χ4n) is 2.27. The van der Waals surface area contributed by atoms with Gasteiger partial charge in [0.05, 0.1) is 4.34 Å². The van der Waals surface area contributed by atoms with Gasteiger partial charge in [-0.3, -0.25) is 0 Å². The lowest BCUT2D eigenvalue weighted by molar-refractivity contribution is 0.562. The number of rotatable bonds is 5. The number of nitrogens with one attached hydrogen (secondary N) is 1. The standard InChI is InChI=1S/C15H13ClFN3O2S2/c1-20-8-7-18-15(20)14(10-3-2-4-11(17)9-10)19-24(21,22)13-6-5-12(16)23-13/h2-9,14,19H,1H3. The van der Waals surface area contributed by atoms with Gasteiger partial charge in [-0.25, -0.2) is 17.8 Å². The minimum atomic E-state index is -3.83. The maximum Gasteiger partial charge on any atom is 0.251 e. The van der Waals surface area contributed by atoms with Gasteiger partial charge in [0.1, 0.15) is 21.9 Å². The van der Waals surface area contributed by atoms with Crippen LogP contribution in [0.25, 0.3) is 0 Å². The molecule has 2 heterocycles. The molecule has 24 heavy (non-hydrogen) atoms. The molecule has 1 aromatic carbocycles. The highest BCUT2D eigenvalue weighted by Gasteiger charge is 2.27. The first-order valence-electron chi connectivity index (χ1n) is 6.87. The molecule has 0 aliphatic rings. The molecule has 3 rings (SSSR count). The Hall–Kier alpha value is -1.74. The van der Waals surface area contributed by atoms with E-state index in [2.05, 4.69) is 9.71 Å². The van der Waals surface area contributed by atoms with Gasteiger partial charge in [0.15, 0.2) is 0 Å². The monoisotopic (exact) mass is 385 g/mol. The van der Waals surface area contributed by atoms with Crippen molar-refractivity contribution in [3.63, 3.8) is 0 Å². The first-order chi connectivity index (χ1) is 11.4. The van der Waals surface area contributed by atoms with Gasteiger partial charge in [0, 0.05) is 19.4 Å². The molecule has 2 aromatic heterocycles. The molecule has 0 aliphatic heterocycles. The molecule has 0 amide bonds. The predicted octanol–water partition coefficient (Wildman–Crippen LogP) is 3.34. The maximum atomic E-state index is 13.6. The summed E-state index contributed by atoms with van der Waals surface area (Å²) in [4.78, 5) is 4.20. The molecule has 0 radical (unpaired) electrons. The van der Waals surface area contributed by atoms with E-state index in [0.29, 0.717) is 15.7 Å². The molecule has 1 N–H and O–H groups in total. The van der Waals surface area contributed by atoms with Crippen LogP contribution in [-0.2, 0) is 17.1 Å². The number of sulfonamides is 1. The Labute approximate surface area is 147 Å². The van der Waals surface area contributed by atoms with Gasteiger partial charge in [-0.15, -0.1) is 11.3 Å². The van der Waals surface area contributed by atoms with Crippen molar-refractivity contribution in [3.05, 3.63) is 70.3 Å². The summed E-state index contributed by atoms with van der Waals surface area (Å²) < 4.78 is 43.6. The molecule has 0 saturated carbocycles. The van der Waals surface area contributed by atoms with E-state index in [-0.39, 0.29) is 4.21 Å². The van der Waals surface area contributed by atoms with Gasteiger partial charge in [0.2, 0.25) is 0 Å². The van der Waals surface area contributed by atoms with E-state index in [1.807, 2.05) is 0 Å². The van der Waals surface area contributed by atoms with E-state index in [9.17, 15) is 12.8 Å². The minimum Gasteiger partial charge on any atom is -0.336 e. The minimum absolute atomic E-state index is 0.0862. The molecule has 9 heteroatoms. The van der Waals surface area contributed by atoms with E-state index in [4.69, 9.17) is 11.6 Å². The van der Waals surface area contributed by atoms with Crippen molar-refractivity contribution in [1.82, 2.24) is 14.3 Å². The molecule has 0 aliphatic carbocycles. The second-order valence-electron chi connectivity index (χ2n) is 5.06. The highest BCUT2D eigenvalue weighted by molar-refractivity contribution is 7.91. The van der Waals surface area contributed by atoms with E-state index in [0.717, 1.165) is 11.3 Å². The number of aryl methyl sites for hydroxylation is 1. The quantitative estimate of drug-likeness (QED) is 0.732. The molecular weight excluding hydrogens is 373 g/mol. The Morgan fingerprint density at radius 3 is 2.71 bits per heavy atom. The van der Waals surface area contributed by atoms with Crippen molar-refractivity contribution >= 4 is 33.0 Å². The summed E-state index contributed by atoms with van der Waals surface area (Å²) >= 11 is 6.78. The highest BCUT2D eigenvalue weighted by atomic mass is 35.5. The first kappa shape index (κ1) is 17.1. The van der Waals surface area contributed by atoms with Crippen molar-refractivity contribution in [2.24, 2.45) is 7.05 Å². The second kappa shape index (κ2) is 6.64.